The standard InChI is InChI=1S/C11H11N3O5S/c1-5(15)7(10(18)19)13-8(16)6-4-12-11-14(9(6)17)2-3-20-11/h2-5,7,15H,1H3,(H,13,16)(H,18,19)/t5-,7+/m1/s1. The van der Waals surface area contributed by atoms with Gasteiger partial charge in [0.15, 0.2) is 11.0 Å². The quantitative estimate of drug-likeness (QED) is 0.687. The van der Waals surface area contributed by atoms with E-state index in [1.165, 1.54) is 28.9 Å². The molecule has 0 aliphatic rings. The summed E-state index contributed by atoms with van der Waals surface area (Å²) in [5, 5.41) is 21.9. The minimum atomic E-state index is -1.50. The SMILES string of the molecule is C[C@@H](O)[C@H](NC(=O)c1cnc2sccn2c1=O)C(=O)O. The number of aliphatic hydroxyl groups excluding tert-OH is 1. The molecule has 0 saturated heterocycles. The fourth-order valence-corrected chi connectivity index (χ4v) is 2.26. The number of hydrogen-bond acceptors (Lipinski definition) is 6. The summed E-state index contributed by atoms with van der Waals surface area (Å²) in [6, 6.07) is -1.50. The summed E-state index contributed by atoms with van der Waals surface area (Å²) in [7, 11) is 0. The van der Waals surface area contributed by atoms with Crippen molar-refractivity contribution >= 4 is 28.2 Å². The van der Waals surface area contributed by atoms with E-state index in [-0.39, 0.29) is 5.56 Å². The third-order valence-corrected chi connectivity index (χ3v) is 3.39. The number of thiazole rings is 1. The largest absolute Gasteiger partial charge is 0.480 e. The summed E-state index contributed by atoms with van der Waals surface area (Å²) < 4.78 is 1.19. The van der Waals surface area contributed by atoms with Gasteiger partial charge in [0.25, 0.3) is 11.5 Å². The van der Waals surface area contributed by atoms with Crippen molar-refractivity contribution in [3.63, 3.8) is 0 Å². The lowest BCUT2D eigenvalue weighted by atomic mass is 10.1. The Hall–Kier alpha value is -2.26. The van der Waals surface area contributed by atoms with Crippen molar-refractivity contribution in [1.29, 1.82) is 0 Å². The monoisotopic (exact) mass is 297 g/mol. The summed E-state index contributed by atoms with van der Waals surface area (Å²) in [5.41, 5.74) is -0.878. The summed E-state index contributed by atoms with van der Waals surface area (Å²) in [5.74, 6) is -2.28. The van der Waals surface area contributed by atoms with Gasteiger partial charge in [0.2, 0.25) is 0 Å². The molecule has 0 spiro atoms. The topological polar surface area (TPSA) is 121 Å². The van der Waals surface area contributed by atoms with Gasteiger partial charge >= 0.3 is 5.97 Å². The highest BCUT2D eigenvalue weighted by molar-refractivity contribution is 7.15. The Kier molecular flexibility index (Phi) is 3.81. The summed E-state index contributed by atoms with van der Waals surface area (Å²) in [4.78, 5) is 39.2. The highest BCUT2D eigenvalue weighted by Gasteiger charge is 2.26. The van der Waals surface area contributed by atoms with E-state index in [4.69, 9.17) is 5.11 Å². The van der Waals surface area contributed by atoms with Gasteiger partial charge in [-0.25, -0.2) is 9.78 Å². The molecule has 2 heterocycles. The van der Waals surface area contributed by atoms with E-state index in [1.54, 1.807) is 5.38 Å². The number of hydrogen-bond donors (Lipinski definition) is 3. The maximum absolute atomic E-state index is 12.0. The van der Waals surface area contributed by atoms with Gasteiger partial charge in [0.05, 0.1) is 6.10 Å². The Balaban J connectivity index is 2.34. The predicted molar refractivity (Wildman–Crippen MR) is 69.9 cm³/mol. The summed E-state index contributed by atoms with van der Waals surface area (Å²) >= 11 is 1.23. The molecule has 2 rings (SSSR count). The fraction of sp³-hybridized carbons (Fsp3) is 0.273. The number of carboxylic acids is 1. The van der Waals surface area contributed by atoms with Gasteiger partial charge in [-0.3, -0.25) is 14.0 Å². The Morgan fingerprint density at radius 3 is 2.80 bits per heavy atom. The molecule has 3 N–H and O–H groups in total. The number of fused-ring (bicyclic) bond motifs is 1. The average molecular weight is 297 g/mol. The predicted octanol–water partition coefficient (Wildman–Crippen LogP) is -0.680. The Morgan fingerprint density at radius 2 is 2.20 bits per heavy atom. The van der Waals surface area contributed by atoms with Gasteiger partial charge in [-0.2, -0.15) is 0 Å². The van der Waals surface area contributed by atoms with Crippen LogP contribution < -0.4 is 10.9 Å². The molecular formula is C11H11N3O5S. The highest BCUT2D eigenvalue weighted by Crippen LogP contribution is 2.06. The Bertz CT molecular complexity index is 720. The van der Waals surface area contributed by atoms with Crippen LogP contribution in [0.4, 0.5) is 0 Å². The molecule has 0 saturated carbocycles. The number of aliphatic carboxylic acids is 1. The first-order valence-electron chi connectivity index (χ1n) is 5.58. The minimum Gasteiger partial charge on any atom is -0.480 e. The van der Waals surface area contributed by atoms with Crippen molar-refractivity contribution in [3.8, 4) is 0 Å². The smallest absolute Gasteiger partial charge is 0.328 e. The van der Waals surface area contributed by atoms with Gasteiger partial charge in [-0.05, 0) is 6.92 Å². The van der Waals surface area contributed by atoms with Gasteiger partial charge in [-0.15, -0.1) is 11.3 Å². The van der Waals surface area contributed by atoms with E-state index in [0.29, 0.717) is 4.96 Å². The fourth-order valence-electron chi connectivity index (χ4n) is 1.59. The number of nitrogens with one attached hydrogen (secondary N) is 1. The molecule has 0 unspecified atom stereocenters. The maximum atomic E-state index is 12.0. The number of carboxylic acid groups (broad SMARTS) is 1. The first-order valence-corrected chi connectivity index (χ1v) is 6.46. The van der Waals surface area contributed by atoms with E-state index in [1.807, 2.05) is 0 Å². The van der Waals surface area contributed by atoms with Crippen LogP contribution in [0.2, 0.25) is 0 Å². The molecule has 0 fully saturated rings. The maximum Gasteiger partial charge on any atom is 0.328 e. The normalized spacial score (nSPS) is 13.9. The number of nitrogens with zero attached hydrogens (tertiary/aromatic N) is 2. The van der Waals surface area contributed by atoms with Gasteiger partial charge < -0.3 is 15.5 Å². The zero-order valence-corrected chi connectivity index (χ0v) is 11.1. The number of amides is 1. The second kappa shape index (κ2) is 5.39. The summed E-state index contributed by atoms with van der Waals surface area (Å²) in [6.07, 6.45) is 1.26. The number of rotatable bonds is 4. The third kappa shape index (κ3) is 2.53. The van der Waals surface area contributed by atoms with Crippen LogP contribution in [0.3, 0.4) is 0 Å². The molecule has 0 aliphatic heterocycles. The number of aromatic nitrogens is 2. The van der Waals surface area contributed by atoms with Crippen LogP contribution in [0, 0.1) is 0 Å². The zero-order valence-electron chi connectivity index (χ0n) is 10.3. The van der Waals surface area contributed by atoms with Crippen LogP contribution >= 0.6 is 11.3 Å². The average Bonchev–Trinajstić information content (AvgIpc) is 2.84. The molecule has 0 radical (unpaired) electrons. The second-order valence-corrected chi connectivity index (χ2v) is 4.94. The van der Waals surface area contributed by atoms with Crippen LogP contribution in [0.25, 0.3) is 4.96 Å². The Labute approximate surface area is 116 Å². The van der Waals surface area contributed by atoms with Crippen molar-refractivity contribution < 1.29 is 19.8 Å². The lowest BCUT2D eigenvalue weighted by Gasteiger charge is -2.16. The molecule has 0 aromatic carbocycles. The van der Waals surface area contributed by atoms with Crippen molar-refractivity contribution in [1.82, 2.24) is 14.7 Å². The third-order valence-electron chi connectivity index (χ3n) is 2.62. The van der Waals surface area contributed by atoms with E-state index >= 15 is 0 Å². The van der Waals surface area contributed by atoms with Crippen molar-refractivity contribution in [2.45, 2.75) is 19.1 Å². The molecule has 8 nitrogen and oxygen atoms in total. The molecule has 106 valence electrons. The van der Waals surface area contributed by atoms with Gasteiger partial charge in [-0.1, -0.05) is 0 Å². The molecule has 0 aliphatic carbocycles. The van der Waals surface area contributed by atoms with Crippen LogP contribution in [0.5, 0.6) is 0 Å². The number of aliphatic hydroxyl groups is 1. The Morgan fingerprint density at radius 1 is 1.50 bits per heavy atom. The molecular weight excluding hydrogens is 286 g/mol. The molecule has 2 aromatic heterocycles. The first-order chi connectivity index (χ1) is 9.41. The van der Waals surface area contributed by atoms with Gasteiger partial charge in [0.1, 0.15) is 5.56 Å². The van der Waals surface area contributed by atoms with Gasteiger partial charge in [0, 0.05) is 17.8 Å². The lowest BCUT2D eigenvalue weighted by Crippen LogP contribution is -2.48. The van der Waals surface area contributed by atoms with Crippen LogP contribution in [0.1, 0.15) is 17.3 Å². The lowest BCUT2D eigenvalue weighted by molar-refractivity contribution is -0.141. The molecule has 9 heteroatoms. The van der Waals surface area contributed by atoms with Crippen LogP contribution in [-0.4, -0.2) is 43.6 Å². The summed E-state index contributed by atoms with van der Waals surface area (Å²) in [6.45, 7) is 1.23. The van der Waals surface area contributed by atoms with E-state index in [0.717, 1.165) is 6.20 Å². The van der Waals surface area contributed by atoms with Crippen LogP contribution in [-0.2, 0) is 4.79 Å². The molecule has 0 bridgehead atoms. The van der Waals surface area contributed by atoms with E-state index < -0.39 is 29.6 Å². The van der Waals surface area contributed by atoms with E-state index in [9.17, 15) is 19.5 Å². The minimum absolute atomic E-state index is 0.284. The van der Waals surface area contributed by atoms with Crippen molar-refractivity contribution in [2.75, 3.05) is 0 Å². The van der Waals surface area contributed by atoms with Crippen molar-refractivity contribution in [2.24, 2.45) is 0 Å². The number of carbonyl (C=O) groups is 2. The number of carbonyl (C=O) groups excluding carboxylic acids is 1. The molecule has 20 heavy (non-hydrogen) atoms. The molecule has 2 atom stereocenters. The van der Waals surface area contributed by atoms with E-state index in [2.05, 4.69) is 10.3 Å². The zero-order chi connectivity index (χ0) is 14.9. The van der Waals surface area contributed by atoms with Crippen LogP contribution in [0.15, 0.2) is 22.6 Å². The highest BCUT2D eigenvalue weighted by atomic mass is 32.1. The molecule has 1 amide bonds. The van der Waals surface area contributed by atoms with Crippen molar-refractivity contribution in [3.05, 3.63) is 33.7 Å². The second-order valence-electron chi connectivity index (χ2n) is 4.06. The molecule has 2 aromatic rings. The first kappa shape index (κ1) is 14.2.